The van der Waals surface area contributed by atoms with Crippen molar-refractivity contribution in [1.82, 2.24) is 4.90 Å². The summed E-state index contributed by atoms with van der Waals surface area (Å²) < 4.78 is 38.6. The Morgan fingerprint density at radius 1 is 1.31 bits per heavy atom. The minimum Gasteiger partial charge on any atom is -0.294 e. The quantitative estimate of drug-likeness (QED) is 0.636. The van der Waals surface area contributed by atoms with Gasteiger partial charge in [-0.25, -0.2) is 0 Å². The largest absolute Gasteiger partial charge is 0.413 e. The molecular formula is C11H9F3N2. The highest BCUT2D eigenvalue weighted by Crippen LogP contribution is 2.41. The van der Waals surface area contributed by atoms with Crippen molar-refractivity contribution in [2.75, 3.05) is 6.54 Å². The molecule has 0 aliphatic carbocycles. The predicted octanol–water partition coefficient (Wildman–Crippen LogP) is 2.63. The molecule has 1 aliphatic rings. The fourth-order valence-corrected chi connectivity index (χ4v) is 2.03. The van der Waals surface area contributed by atoms with Gasteiger partial charge in [-0.05, 0) is 17.5 Å². The third kappa shape index (κ3) is 1.71. The molecule has 0 spiro atoms. The number of nitriles is 1. The standard InChI is InChI=1S/C11H9F3N2/c12-11(13,14)10-9-4-2-1-3-8(9)5-6-16(10)7-15/h1-4,10H,5-6H2. The van der Waals surface area contributed by atoms with Gasteiger partial charge in [-0.3, -0.25) is 4.90 Å². The number of fused-ring (bicyclic) bond motifs is 1. The molecule has 5 heteroatoms. The van der Waals surface area contributed by atoms with Crippen LogP contribution < -0.4 is 0 Å². The van der Waals surface area contributed by atoms with E-state index >= 15 is 0 Å². The third-order valence-electron chi connectivity index (χ3n) is 2.72. The highest BCUT2D eigenvalue weighted by atomic mass is 19.4. The van der Waals surface area contributed by atoms with Gasteiger partial charge in [-0.2, -0.15) is 18.4 Å². The van der Waals surface area contributed by atoms with E-state index in [1.807, 2.05) is 0 Å². The maximum atomic E-state index is 12.9. The first-order chi connectivity index (χ1) is 7.54. The summed E-state index contributed by atoms with van der Waals surface area (Å²) in [5, 5.41) is 8.73. The van der Waals surface area contributed by atoms with Crippen molar-refractivity contribution in [3.05, 3.63) is 35.4 Å². The summed E-state index contributed by atoms with van der Waals surface area (Å²) in [5.74, 6) is 0. The van der Waals surface area contributed by atoms with Crippen LogP contribution in [0.2, 0.25) is 0 Å². The van der Waals surface area contributed by atoms with Crippen LogP contribution in [-0.2, 0) is 6.42 Å². The first-order valence-corrected chi connectivity index (χ1v) is 4.85. The van der Waals surface area contributed by atoms with Crippen molar-refractivity contribution < 1.29 is 13.2 Å². The van der Waals surface area contributed by atoms with Gasteiger partial charge in [0.15, 0.2) is 12.2 Å². The number of benzene rings is 1. The van der Waals surface area contributed by atoms with E-state index in [1.54, 1.807) is 24.4 Å². The minimum atomic E-state index is -4.41. The Bertz CT molecular complexity index is 434. The van der Waals surface area contributed by atoms with Crippen molar-refractivity contribution in [2.24, 2.45) is 0 Å². The lowest BCUT2D eigenvalue weighted by Gasteiger charge is -2.34. The molecule has 0 aromatic heterocycles. The van der Waals surface area contributed by atoms with Crippen LogP contribution in [-0.4, -0.2) is 17.6 Å². The Kier molecular flexibility index (Phi) is 2.50. The molecule has 0 amide bonds. The van der Waals surface area contributed by atoms with Crippen LogP contribution >= 0.6 is 0 Å². The van der Waals surface area contributed by atoms with E-state index in [4.69, 9.17) is 5.26 Å². The Balaban J connectivity index is 2.50. The molecule has 1 aliphatic heterocycles. The number of hydrogen-bond acceptors (Lipinski definition) is 2. The van der Waals surface area contributed by atoms with E-state index in [2.05, 4.69) is 0 Å². The van der Waals surface area contributed by atoms with Gasteiger partial charge in [-0.1, -0.05) is 24.3 Å². The molecule has 16 heavy (non-hydrogen) atoms. The molecule has 84 valence electrons. The van der Waals surface area contributed by atoms with Crippen LogP contribution in [0.3, 0.4) is 0 Å². The molecule has 0 N–H and O–H groups in total. The van der Waals surface area contributed by atoms with Gasteiger partial charge in [0.05, 0.1) is 0 Å². The zero-order chi connectivity index (χ0) is 11.8. The normalized spacial score (nSPS) is 20.1. The Morgan fingerprint density at radius 3 is 2.62 bits per heavy atom. The number of halogens is 3. The third-order valence-corrected chi connectivity index (χ3v) is 2.72. The number of hydrogen-bond donors (Lipinski definition) is 0. The summed E-state index contributed by atoms with van der Waals surface area (Å²) in [6.45, 7) is 0.123. The van der Waals surface area contributed by atoms with Gasteiger partial charge in [-0.15, -0.1) is 0 Å². The fourth-order valence-electron chi connectivity index (χ4n) is 2.03. The maximum Gasteiger partial charge on any atom is 0.413 e. The summed E-state index contributed by atoms with van der Waals surface area (Å²) in [5.41, 5.74) is 0.874. The van der Waals surface area contributed by atoms with Crippen LogP contribution in [0.15, 0.2) is 24.3 Å². The average molecular weight is 226 g/mol. The molecule has 0 saturated heterocycles. The van der Waals surface area contributed by atoms with Gasteiger partial charge in [0.2, 0.25) is 0 Å². The summed E-state index contributed by atoms with van der Waals surface area (Å²) >= 11 is 0. The summed E-state index contributed by atoms with van der Waals surface area (Å²) in [7, 11) is 0. The lowest BCUT2D eigenvalue weighted by atomic mass is 9.93. The van der Waals surface area contributed by atoms with Crippen molar-refractivity contribution in [1.29, 1.82) is 5.26 Å². The zero-order valence-electron chi connectivity index (χ0n) is 8.33. The predicted molar refractivity (Wildman–Crippen MR) is 51.3 cm³/mol. The van der Waals surface area contributed by atoms with Crippen molar-refractivity contribution in [2.45, 2.75) is 18.6 Å². The average Bonchev–Trinajstić information content (AvgIpc) is 2.26. The zero-order valence-corrected chi connectivity index (χ0v) is 8.33. The second kappa shape index (κ2) is 3.71. The highest BCUT2D eigenvalue weighted by Gasteiger charge is 2.47. The number of rotatable bonds is 0. The molecule has 0 radical (unpaired) electrons. The molecule has 0 fully saturated rings. The van der Waals surface area contributed by atoms with E-state index < -0.39 is 12.2 Å². The van der Waals surface area contributed by atoms with Crippen LogP contribution in [0.25, 0.3) is 0 Å². The number of nitrogens with zero attached hydrogens (tertiary/aromatic N) is 2. The van der Waals surface area contributed by atoms with Crippen molar-refractivity contribution >= 4 is 0 Å². The Hall–Kier alpha value is -1.70. The molecule has 1 aromatic carbocycles. The number of alkyl halides is 3. The molecule has 1 atom stereocenters. The highest BCUT2D eigenvalue weighted by molar-refractivity contribution is 5.34. The van der Waals surface area contributed by atoms with Gasteiger partial charge < -0.3 is 0 Å². The van der Waals surface area contributed by atoms with Gasteiger partial charge >= 0.3 is 6.18 Å². The molecule has 1 unspecified atom stereocenters. The van der Waals surface area contributed by atoms with E-state index in [-0.39, 0.29) is 12.1 Å². The van der Waals surface area contributed by atoms with Crippen molar-refractivity contribution in [3.63, 3.8) is 0 Å². The fraction of sp³-hybridized carbons (Fsp3) is 0.364. The second-order valence-corrected chi connectivity index (χ2v) is 3.69. The summed E-state index contributed by atoms with van der Waals surface area (Å²) in [4.78, 5) is 0.794. The monoisotopic (exact) mass is 226 g/mol. The summed E-state index contributed by atoms with van der Waals surface area (Å²) in [6.07, 6.45) is -2.31. The first-order valence-electron chi connectivity index (χ1n) is 4.85. The minimum absolute atomic E-state index is 0.123. The molecular weight excluding hydrogens is 217 g/mol. The second-order valence-electron chi connectivity index (χ2n) is 3.69. The molecule has 2 nitrogen and oxygen atoms in total. The smallest absolute Gasteiger partial charge is 0.294 e. The molecule has 0 bridgehead atoms. The van der Waals surface area contributed by atoms with E-state index in [0.717, 1.165) is 4.90 Å². The van der Waals surface area contributed by atoms with E-state index in [9.17, 15) is 13.2 Å². The van der Waals surface area contributed by atoms with Gasteiger partial charge in [0.25, 0.3) is 0 Å². The molecule has 2 rings (SSSR count). The molecule has 1 aromatic rings. The van der Waals surface area contributed by atoms with Crippen LogP contribution in [0.1, 0.15) is 17.2 Å². The van der Waals surface area contributed by atoms with Gasteiger partial charge in [0, 0.05) is 6.54 Å². The molecule has 0 saturated carbocycles. The van der Waals surface area contributed by atoms with Crippen molar-refractivity contribution in [3.8, 4) is 6.19 Å². The topological polar surface area (TPSA) is 27.0 Å². The first kappa shape index (κ1) is 10.8. The SMILES string of the molecule is N#CN1CCc2ccccc2C1C(F)(F)F. The maximum absolute atomic E-state index is 12.9. The Labute approximate surface area is 90.9 Å². The van der Waals surface area contributed by atoms with Crippen LogP contribution in [0.4, 0.5) is 13.2 Å². The summed E-state index contributed by atoms with van der Waals surface area (Å²) in [6, 6.07) is 4.62. The lowest BCUT2D eigenvalue weighted by Crippen LogP contribution is -2.40. The Morgan fingerprint density at radius 2 is 2.00 bits per heavy atom. The lowest BCUT2D eigenvalue weighted by molar-refractivity contribution is -0.180. The van der Waals surface area contributed by atoms with Crippen LogP contribution in [0.5, 0.6) is 0 Å². The van der Waals surface area contributed by atoms with E-state index in [0.29, 0.717) is 12.0 Å². The molecule has 1 heterocycles. The van der Waals surface area contributed by atoms with E-state index in [1.165, 1.54) is 6.07 Å². The van der Waals surface area contributed by atoms with Crippen LogP contribution in [0, 0.1) is 11.5 Å². The van der Waals surface area contributed by atoms with Gasteiger partial charge in [0.1, 0.15) is 0 Å².